The maximum absolute atomic E-state index is 13.3. The Kier molecular flexibility index (Phi) is 5.67. The largest absolute Gasteiger partial charge is 0.332 e. The van der Waals surface area contributed by atoms with E-state index < -0.39 is 0 Å². The zero-order valence-electron chi connectivity index (χ0n) is 18.9. The molecule has 7 heteroatoms. The van der Waals surface area contributed by atoms with Crippen molar-refractivity contribution in [3.8, 4) is 0 Å². The third-order valence-electron chi connectivity index (χ3n) is 6.27. The molecular formula is C25H29N5OS. The number of hydrogen-bond donors (Lipinski definition) is 0. The second-order valence-corrected chi connectivity index (χ2v) is 9.53. The molecule has 0 unspecified atom stereocenters. The average molecular weight is 448 g/mol. The van der Waals surface area contributed by atoms with E-state index in [2.05, 4.69) is 54.2 Å². The van der Waals surface area contributed by atoms with E-state index in [1.54, 1.807) is 0 Å². The van der Waals surface area contributed by atoms with Gasteiger partial charge < -0.3 is 14.0 Å². The molecule has 0 radical (unpaired) electrons. The van der Waals surface area contributed by atoms with E-state index in [0.29, 0.717) is 5.75 Å². The highest BCUT2D eigenvalue weighted by Crippen LogP contribution is 2.36. The molecule has 1 aliphatic rings. The van der Waals surface area contributed by atoms with Crippen molar-refractivity contribution in [1.82, 2.24) is 24.0 Å². The minimum absolute atomic E-state index is 0.0305. The monoisotopic (exact) mass is 447 g/mol. The summed E-state index contributed by atoms with van der Waals surface area (Å²) in [6.07, 6.45) is 1.97. The molecule has 5 rings (SSSR count). The highest BCUT2D eigenvalue weighted by Gasteiger charge is 2.34. The fraction of sp³-hybridized carbons (Fsp3) is 0.400. The maximum atomic E-state index is 13.3. The van der Waals surface area contributed by atoms with Crippen molar-refractivity contribution in [2.75, 3.05) is 12.3 Å². The highest BCUT2D eigenvalue weighted by molar-refractivity contribution is 7.99. The number of carbonyl (C=O) groups excluding carboxylic acids is 1. The minimum Gasteiger partial charge on any atom is -0.332 e. The van der Waals surface area contributed by atoms with Gasteiger partial charge in [-0.05, 0) is 57.9 Å². The van der Waals surface area contributed by atoms with Gasteiger partial charge in [0.15, 0.2) is 5.16 Å². The molecule has 1 amide bonds. The molecule has 1 atom stereocenters. The van der Waals surface area contributed by atoms with Gasteiger partial charge >= 0.3 is 0 Å². The molecule has 2 aromatic heterocycles. The lowest BCUT2D eigenvalue weighted by molar-refractivity contribution is -0.129. The number of fused-ring (bicyclic) bond motifs is 2. The van der Waals surface area contributed by atoms with Crippen molar-refractivity contribution in [2.45, 2.75) is 57.4 Å². The summed E-state index contributed by atoms with van der Waals surface area (Å²) in [6.45, 7) is 8.11. The molecule has 2 aromatic carbocycles. The predicted octanol–water partition coefficient (Wildman–Crippen LogP) is 5.44. The summed E-state index contributed by atoms with van der Waals surface area (Å²) in [7, 11) is 0. The summed E-state index contributed by atoms with van der Waals surface area (Å²) in [5.41, 5.74) is 4.24. The van der Waals surface area contributed by atoms with Crippen LogP contribution in [0.3, 0.4) is 0 Å². The van der Waals surface area contributed by atoms with E-state index in [4.69, 9.17) is 9.97 Å². The SMILES string of the molecule is CCn1c(SCC(=O)N2CCC[C@@H]2c2nc3ccccc3n2C(C)C)nc2ccccc21. The lowest BCUT2D eigenvalue weighted by Gasteiger charge is -2.26. The lowest BCUT2D eigenvalue weighted by Crippen LogP contribution is -2.33. The predicted molar refractivity (Wildman–Crippen MR) is 130 cm³/mol. The molecule has 0 N–H and O–H groups in total. The van der Waals surface area contributed by atoms with Crippen molar-refractivity contribution in [3.05, 3.63) is 54.4 Å². The Labute approximate surface area is 192 Å². The van der Waals surface area contributed by atoms with Crippen LogP contribution in [0.25, 0.3) is 22.1 Å². The van der Waals surface area contributed by atoms with Crippen LogP contribution in [0.1, 0.15) is 51.5 Å². The van der Waals surface area contributed by atoms with Gasteiger partial charge in [-0.3, -0.25) is 4.79 Å². The second kappa shape index (κ2) is 8.62. The smallest absolute Gasteiger partial charge is 0.233 e. The van der Waals surface area contributed by atoms with Crippen LogP contribution in [0.15, 0.2) is 53.7 Å². The van der Waals surface area contributed by atoms with Crippen molar-refractivity contribution < 1.29 is 4.79 Å². The topological polar surface area (TPSA) is 56.0 Å². The number of benzene rings is 2. The first-order chi connectivity index (χ1) is 15.6. The van der Waals surface area contributed by atoms with Crippen LogP contribution < -0.4 is 0 Å². The van der Waals surface area contributed by atoms with Crippen LogP contribution in [0, 0.1) is 0 Å². The Morgan fingerprint density at radius 1 is 1.06 bits per heavy atom. The number of thioether (sulfide) groups is 1. The lowest BCUT2D eigenvalue weighted by atomic mass is 10.2. The van der Waals surface area contributed by atoms with E-state index in [0.717, 1.165) is 59.0 Å². The van der Waals surface area contributed by atoms with Gasteiger partial charge in [0.05, 0.1) is 33.9 Å². The number of rotatable bonds is 6. The van der Waals surface area contributed by atoms with Crippen LogP contribution >= 0.6 is 11.8 Å². The Bertz CT molecular complexity index is 1270. The summed E-state index contributed by atoms with van der Waals surface area (Å²) in [5, 5.41) is 0.909. The zero-order chi connectivity index (χ0) is 22.2. The normalized spacial score (nSPS) is 16.6. The van der Waals surface area contributed by atoms with Crippen molar-refractivity contribution in [2.24, 2.45) is 0 Å². The quantitative estimate of drug-likeness (QED) is 0.369. The molecule has 6 nitrogen and oxygen atoms in total. The van der Waals surface area contributed by atoms with E-state index in [1.165, 1.54) is 11.8 Å². The van der Waals surface area contributed by atoms with Crippen molar-refractivity contribution >= 4 is 39.7 Å². The first-order valence-electron chi connectivity index (χ1n) is 11.4. The molecular weight excluding hydrogens is 418 g/mol. The molecule has 32 heavy (non-hydrogen) atoms. The van der Waals surface area contributed by atoms with Gasteiger partial charge in [0, 0.05) is 19.1 Å². The molecule has 0 spiro atoms. The zero-order valence-corrected chi connectivity index (χ0v) is 19.7. The Morgan fingerprint density at radius 2 is 1.75 bits per heavy atom. The number of likely N-dealkylation sites (tertiary alicyclic amines) is 1. The van der Waals surface area contributed by atoms with Gasteiger partial charge in [0.25, 0.3) is 0 Å². The van der Waals surface area contributed by atoms with E-state index in [-0.39, 0.29) is 18.0 Å². The summed E-state index contributed by atoms with van der Waals surface area (Å²) in [5.74, 6) is 1.56. The number of imidazole rings is 2. The average Bonchev–Trinajstić information content (AvgIpc) is 3.51. The second-order valence-electron chi connectivity index (χ2n) is 8.58. The number of aryl methyl sites for hydroxylation is 1. The third kappa shape index (κ3) is 3.58. The van der Waals surface area contributed by atoms with Gasteiger partial charge in [-0.2, -0.15) is 0 Å². The minimum atomic E-state index is 0.0305. The van der Waals surface area contributed by atoms with E-state index in [1.807, 2.05) is 29.2 Å². The highest BCUT2D eigenvalue weighted by atomic mass is 32.2. The van der Waals surface area contributed by atoms with Gasteiger partial charge in [0.1, 0.15) is 5.82 Å². The molecule has 1 aliphatic heterocycles. The number of hydrogen-bond acceptors (Lipinski definition) is 4. The number of amides is 1. The van der Waals surface area contributed by atoms with Crippen LogP contribution in [0.5, 0.6) is 0 Å². The molecule has 0 aliphatic carbocycles. The Hall–Kier alpha value is -2.80. The molecule has 0 bridgehead atoms. The fourth-order valence-corrected chi connectivity index (χ4v) is 5.82. The molecule has 3 heterocycles. The number of para-hydroxylation sites is 4. The molecule has 0 saturated carbocycles. The molecule has 4 aromatic rings. The molecule has 1 saturated heterocycles. The number of carbonyl (C=O) groups is 1. The van der Waals surface area contributed by atoms with Gasteiger partial charge in [-0.15, -0.1) is 0 Å². The summed E-state index contributed by atoms with van der Waals surface area (Å²) >= 11 is 1.54. The maximum Gasteiger partial charge on any atom is 0.233 e. The van der Waals surface area contributed by atoms with Gasteiger partial charge in [0.2, 0.25) is 5.91 Å². The van der Waals surface area contributed by atoms with Crippen molar-refractivity contribution in [1.29, 1.82) is 0 Å². The van der Waals surface area contributed by atoms with Gasteiger partial charge in [-0.1, -0.05) is 36.0 Å². The van der Waals surface area contributed by atoms with Crippen LogP contribution in [0.2, 0.25) is 0 Å². The summed E-state index contributed by atoms with van der Waals surface area (Å²) < 4.78 is 4.49. The summed E-state index contributed by atoms with van der Waals surface area (Å²) in [4.78, 5) is 25.1. The Morgan fingerprint density at radius 3 is 2.47 bits per heavy atom. The van der Waals surface area contributed by atoms with Crippen LogP contribution in [-0.4, -0.2) is 42.2 Å². The summed E-state index contributed by atoms with van der Waals surface area (Å²) in [6, 6.07) is 16.7. The first-order valence-corrected chi connectivity index (χ1v) is 12.4. The molecule has 1 fully saturated rings. The van der Waals surface area contributed by atoms with Crippen LogP contribution in [-0.2, 0) is 11.3 Å². The number of aromatic nitrogens is 4. The Balaban J connectivity index is 1.39. The van der Waals surface area contributed by atoms with Gasteiger partial charge in [-0.25, -0.2) is 9.97 Å². The van der Waals surface area contributed by atoms with Crippen molar-refractivity contribution in [3.63, 3.8) is 0 Å². The first kappa shape index (κ1) is 21.1. The van der Waals surface area contributed by atoms with E-state index in [9.17, 15) is 4.79 Å². The fourth-order valence-electron chi connectivity index (χ4n) is 4.85. The standard InChI is InChI=1S/C25H29N5OS/c1-4-28-20-12-7-5-10-18(20)27-25(28)32-16-23(31)29-15-9-14-22(29)24-26-19-11-6-8-13-21(19)30(24)17(2)3/h5-8,10-13,17,22H,4,9,14-16H2,1-3H3/t22-/m1/s1. The van der Waals surface area contributed by atoms with Crippen LogP contribution in [0.4, 0.5) is 0 Å². The van der Waals surface area contributed by atoms with E-state index >= 15 is 0 Å². The molecule has 166 valence electrons. The number of nitrogens with zero attached hydrogens (tertiary/aromatic N) is 5. The third-order valence-corrected chi connectivity index (χ3v) is 7.23.